The van der Waals surface area contributed by atoms with Crippen molar-refractivity contribution < 1.29 is 4.79 Å². The molecule has 3 atom stereocenters. The monoisotopic (exact) mass is 584 g/mol. The van der Waals surface area contributed by atoms with Gasteiger partial charge in [-0.2, -0.15) is 5.10 Å². The van der Waals surface area contributed by atoms with Gasteiger partial charge in [-0.1, -0.05) is 49.5 Å². The number of aromatic nitrogens is 2. The highest BCUT2D eigenvalue weighted by Gasteiger charge is 2.32. The van der Waals surface area contributed by atoms with Crippen molar-refractivity contribution in [1.29, 1.82) is 0 Å². The van der Waals surface area contributed by atoms with Gasteiger partial charge in [0, 0.05) is 22.5 Å². The zero-order valence-electron chi connectivity index (χ0n) is 23.3. The van der Waals surface area contributed by atoms with Gasteiger partial charge in [-0.25, -0.2) is 9.69 Å². The quantitative estimate of drug-likeness (QED) is 0.294. The fourth-order valence-electron chi connectivity index (χ4n) is 5.88. The molecule has 0 saturated carbocycles. The van der Waals surface area contributed by atoms with E-state index in [1.165, 1.54) is 12.0 Å². The van der Waals surface area contributed by atoms with Crippen molar-refractivity contribution >= 4 is 52.1 Å². The van der Waals surface area contributed by atoms with Crippen LogP contribution in [0.1, 0.15) is 111 Å². The van der Waals surface area contributed by atoms with Crippen molar-refractivity contribution in [1.82, 2.24) is 20.2 Å². The third kappa shape index (κ3) is 6.00. The molecule has 1 fully saturated rings. The Kier molecular flexibility index (Phi) is 8.87. The molecule has 5 nitrogen and oxygen atoms in total. The number of hydrazine groups is 1. The standard InChI is InChI=1S/C31H38Cl2N4OS/c1-5-19(2)22-13-15-27(26(32)18-22)37-30-23(17-24-14-16-28(33)39-24)11-6-7-12-25(30)29(34-37)31(38)35-36-20(3)9-8-10-21(36)4/h13-21H,5-12H2,1-4H3,(H,35,38)/b23-17+. The summed E-state index contributed by atoms with van der Waals surface area (Å²) in [6.45, 7) is 8.76. The van der Waals surface area contributed by atoms with Crippen LogP contribution >= 0.6 is 34.5 Å². The molecule has 39 heavy (non-hydrogen) atoms. The third-order valence-corrected chi connectivity index (χ3v) is 9.82. The molecule has 1 N–H and O–H groups in total. The summed E-state index contributed by atoms with van der Waals surface area (Å²) in [4.78, 5) is 15.0. The van der Waals surface area contributed by atoms with Gasteiger partial charge in [0.1, 0.15) is 0 Å². The van der Waals surface area contributed by atoms with Gasteiger partial charge in [-0.15, -0.1) is 11.3 Å². The lowest BCUT2D eigenvalue weighted by atomic mass is 9.98. The number of benzene rings is 1. The number of halogens is 2. The predicted molar refractivity (Wildman–Crippen MR) is 164 cm³/mol. The van der Waals surface area contributed by atoms with Gasteiger partial charge >= 0.3 is 0 Å². The van der Waals surface area contributed by atoms with Crippen LogP contribution in [0.25, 0.3) is 17.3 Å². The highest BCUT2D eigenvalue weighted by molar-refractivity contribution is 7.17. The van der Waals surface area contributed by atoms with Crippen LogP contribution in [0.3, 0.4) is 0 Å². The number of thiophene rings is 1. The first kappa shape index (κ1) is 28.4. The topological polar surface area (TPSA) is 50.2 Å². The lowest BCUT2D eigenvalue weighted by Crippen LogP contribution is -2.54. The fraction of sp³-hybridized carbons (Fsp3) is 0.484. The van der Waals surface area contributed by atoms with Gasteiger partial charge in [0.25, 0.3) is 5.91 Å². The van der Waals surface area contributed by atoms with E-state index < -0.39 is 0 Å². The molecular formula is C31H38Cl2N4OS. The second kappa shape index (κ2) is 12.2. The Morgan fingerprint density at radius 2 is 1.87 bits per heavy atom. The minimum Gasteiger partial charge on any atom is -0.283 e. The Balaban J connectivity index is 1.63. The van der Waals surface area contributed by atoms with Crippen LogP contribution in [0.4, 0.5) is 0 Å². The summed E-state index contributed by atoms with van der Waals surface area (Å²) in [7, 11) is 0. The van der Waals surface area contributed by atoms with E-state index in [9.17, 15) is 4.79 Å². The van der Waals surface area contributed by atoms with E-state index in [1.807, 2.05) is 16.8 Å². The lowest BCUT2D eigenvalue weighted by molar-refractivity contribution is 0.0365. The number of nitrogens with one attached hydrogen (secondary N) is 1. The summed E-state index contributed by atoms with van der Waals surface area (Å²) in [6, 6.07) is 10.8. The number of nitrogens with zero attached hydrogens (tertiary/aromatic N) is 3. The second-order valence-corrected chi connectivity index (χ2v) is 13.3. The van der Waals surface area contributed by atoms with Crippen molar-refractivity contribution in [2.75, 3.05) is 0 Å². The Labute approximate surface area is 246 Å². The largest absolute Gasteiger partial charge is 0.286 e. The predicted octanol–water partition coefficient (Wildman–Crippen LogP) is 8.93. The molecule has 8 heteroatoms. The fourth-order valence-corrected chi connectivity index (χ4v) is 7.17. The normalized spacial score (nSPS) is 21.9. The summed E-state index contributed by atoms with van der Waals surface area (Å²) >= 11 is 14.8. The molecule has 3 aromatic rings. The summed E-state index contributed by atoms with van der Waals surface area (Å²) in [5.41, 5.74) is 8.88. The van der Waals surface area contributed by atoms with Gasteiger partial charge in [-0.3, -0.25) is 10.2 Å². The van der Waals surface area contributed by atoms with Crippen LogP contribution in [0.15, 0.2) is 30.3 Å². The molecule has 0 radical (unpaired) electrons. The molecule has 1 aliphatic heterocycles. The zero-order valence-corrected chi connectivity index (χ0v) is 25.6. The first-order valence-corrected chi connectivity index (χ1v) is 15.8. The molecule has 208 valence electrons. The third-order valence-electron chi connectivity index (χ3n) is 8.34. The van der Waals surface area contributed by atoms with E-state index in [2.05, 4.69) is 62.4 Å². The molecule has 2 aromatic heterocycles. The summed E-state index contributed by atoms with van der Waals surface area (Å²) in [6.07, 6.45) is 10.3. The van der Waals surface area contributed by atoms with Gasteiger partial charge in [0.05, 0.1) is 20.7 Å². The minimum atomic E-state index is -0.140. The summed E-state index contributed by atoms with van der Waals surface area (Å²) < 4.78 is 2.68. The summed E-state index contributed by atoms with van der Waals surface area (Å²) in [5, 5.41) is 7.76. The number of fused-ring (bicyclic) bond motifs is 1. The average molecular weight is 586 g/mol. The number of piperidine rings is 1. The lowest BCUT2D eigenvalue weighted by Gasteiger charge is -2.38. The van der Waals surface area contributed by atoms with Crippen molar-refractivity contribution in [2.24, 2.45) is 0 Å². The smallest absolute Gasteiger partial charge is 0.283 e. The highest BCUT2D eigenvalue weighted by Crippen LogP contribution is 2.38. The van der Waals surface area contributed by atoms with Crippen LogP contribution in [-0.4, -0.2) is 32.8 Å². The molecule has 1 amide bonds. The van der Waals surface area contributed by atoms with E-state index in [0.717, 1.165) is 76.7 Å². The first-order chi connectivity index (χ1) is 18.8. The molecule has 3 unspecified atom stereocenters. The number of hydrogen-bond donors (Lipinski definition) is 1. The maximum absolute atomic E-state index is 13.9. The summed E-state index contributed by atoms with van der Waals surface area (Å²) in [5.74, 6) is 0.276. The second-order valence-electron chi connectivity index (χ2n) is 11.1. The van der Waals surface area contributed by atoms with Crippen LogP contribution in [0, 0.1) is 0 Å². The number of carbonyl (C=O) groups is 1. The van der Waals surface area contributed by atoms with Crippen molar-refractivity contribution in [3.05, 3.63) is 67.1 Å². The number of amides is 1. The Morgan fingerprint density at radius 1 is 1.13 bits per heavy atom. The van der Waals surface area contributed by atoms with E-state index in [4.69, 9.17) is 28.3 Å². The maximum atomic E-state index is 13.9. The van der Waals surface area contributed by atoms with Crippen molar-refractivity contribution in [3.8, 4) is 5.69 Å². The molecule has 2 aliphatic rings. The van der Waals surface area contributed by atoms with Crippen LogP contribution in [0.2, 0.25) is 9.36 Å². The molecule has 1 saturated heterocycles. The number of rotatable bonds is 6. The van der Waals surface area contributed by atoms with Gasteiger partial charge < -0.3 is 0 Å². The van der Waals surface area contributed by atoms with E-state index in [0.29, 0.717) is 28.7 Å². The number of allylic oxidation sites excluding steroid dienone is 1. The van der Waals surface area contributed by atoms with E-state index in [-0.39, 0.29) is 5.91 Å². The van der Waals surface area contributed by atoms with E-state index in [1.54, 1.807) is 11.3 Å². The van der Waals surface area contributed by atoms with Crippen LogP contribution < -0.4 is 5.43 Å². The molecule has 0 spiro atoms. The number of hydrogen-bond acceptors (Lipinski definition) is 4. The van der Waals surface area contributed by atoms with E-state index >= 15 is 0 Å². The van der Waals surface area contributed by atoms with Gasteiger partial charge in [0.15, 0.2) is 5.69 Å². The molecule has 5 rings (SSSR count). The number of carbonyl (C=O) groups excluding carboxylic acids is 1. The molecule has 3 heterocycles. The molecule has 0 bridgehead atoms. The molecule has 1 aromatic carbocycles. The highest BCUT2D eigenvalue weighted by atomic mass is 35.5. The van der Waals surface area contributed by atoms with Crippen LogP contribution in [-0.2, 0) is 6.42 Å². The Morgan fingerprint density at radius 3 is 2.54 bits per heavy atom. The zero-order chi connectivity index (χ0) is 27.7. The van der Waals surface area contributed by atoms with Crippen molar-refractivity contribution in [2.45, 2.75) is 97.1 Å². The van der Waals surface area contributed by atoms with Gasteiger partial charge in [0.2, 0.25) is 0 Å². The van der Waals surface area contributed by atoms with Crippen LogP contribution in [0.5, 0.6) is 0 Å². The maximum Gasteiger partial charge on any atom is 0.286 e. The van der Waals surface area contributed by atoms with Crippen molar-refractivity contribution in [3.63, 3.8) is 0 Å². The first-order valence-electron chi connectivity index (χ1n) is 14.2. The molecule has 1 aliphatic carbocycles. The van der Waals surface area contributed by atoms with Gasteiger partial charge in [-0.05, 0) is 106 Å². The average Bonchev–Trinajstić information content (AvgIpc) is 3.43. The Bertz CT molecular complexity index is 1370. The minimum absolute atomic E-state index is 0.140. The molecular weight excluding hydrogens is 547 g/mol. The SMILES string of the molecule is CCC(C)c1ccc(-n2nc(C(=O)NN3C(C)CCCC3C)c3c2/C(=C/c2ccc(Cl)s2)CCCC3)c(Cl)c1. The Hall–Kier alpha value is -2.12.